The summed E-state index contributed by atoms with van der Waals surface area (Å²) >= 11 is 1.98. The molecule has 4 nitrogen and oxygen atoms in total. The Kier molecular flexibility index (Phi) is 2.91. The number of rotatable bonds is 2. The predicted octanol–water partition coefficient (Wildman–Crippen LogP) is 1.41. The van der Waals surface area contributed by atoms with Crippen LogP contribution in [0.2, 0.25) is 0 Å². The number of fused-ring (bicyclic) bond motifs is 1. The molecule has 1 aromatic rings. The zero-order chi connectivity index (χ0) is 11.9. The van der Waals surface area contributed by atoms with Gasteiger partial charge in [0.25, 0.3) is 15.9 Å². The molecule has 7 heteroatoms. The molecule has 0 aliphatic carbocycles. The second-order valence-corrected chi connectivity index (χ2v) is 6.29. The maximum Gasteiger partial charge on any atom is 0.269 e. The molecule has 0 bridgehead atoms. The lowest BCUT2D eigenvalue weighted by Gasteiger charge is -2.11. The van der Waals surface area contributed by atoms with E-state index in [4.69, 9.17) is 0 Å². The van der Waals surface area contributed by atoms with Crippen LogP contribution in [0, 0.1) is 3.57 Å². The van der Waals surface area contributed by atoms with Crippen LogP contribution in [0.25, 0.3) is 0 Å². The summed E-state index contributed by atoms with van der Waals surface area (Å²) in [5.41, 5.74) is 0.125. The van der Waals surface area contributed by atoms with Crippen molar-refractivity contribution in [2.75, 3.05) is 13.2 Å². The molecule has 0 spiro atoms. The van der Waals surface area contributed by atoms with E-state index >= 15 is 0 Å². The molecule has 0 radical (unpaired) electrons. The third-order valence-electron chi connectivity index (χ3n) is 2.25. The van der Waals surface area contributed by atoms with E-state index in [9.17, 15) is 17.6 Å². The minimum atomic E-state index is -3.83. The van der Waals surface area contributed by atoms with Crippen LogP contribution in [-0.2, 0) is 10.0 Å². The molecule has 2 rings (SSSR count). The van der Waals surface area contributed by atoms with Crippen molar-refractivity contribution in [3.05, 3.63) is 27.3 Å². The van der Waals surface area contributed by atoms with Crippen LogP contribution < -0.4 is 0 Å². The van der Waals surface area contributed by atoms with Crippen molar-refractivity contribution in [2.24, 2.45) is 0 Å². The number of amides is 1. The van der Waals surface area contributed by atoms with Gasteiger partial charge in [0.1, 0.15) is 11.6 Å². The Hall–Kier alpha value is -0.700. The van der Waals surface area contributed by atoms with Gasteiger partial charge in [-0.25, -0.2) is 17.1 Å². The van der Waals surface area contributed by atoms with Crippen molar-refractivity contribution in [3.8, 4) is 0 Å². The Morgan fingerprint density at radius 2 is 2.06 bits per heavy atom. The van der Waals surface area contributed by atoms with Crippen molar-refractivity contribution in [1.82, 2.24) is 4.31 Å². The molecule has 1 aliphatic heterocycles. The molecule has 0 saturated carbocycles. The fourth-order valence-electron chi connectivity index (χ4n) is 1.55. The van der Waals surface area contributed by atoms with Crippen molar-refractivity contribution in [3.63, 3.8) is 0 Å². The topological polar surface area (TPSA) is 54.5 Å². The largest absolute Gasteiger partial charge is 0.269 e. The van der Waals surface area contributed by atoms with Gasteiger partial charge in [0.05, 0.1) is 12.1 Å². The van der Waals surface area contributed by atoms with Gasteiger partial charge in [0, 0.05) is 3.57 Å². The van der Waals surface area contributed by atoms with E-state index in [-0.39, 0.29) is 10.5 Å². The van der Waals surface area contributed by atoms with Gasteiger partial charge in [-0.2, -0.15) is 0 Å². The van der Waals surface area contributed by atoms with Gasteiger partial charge in [-0.3, -0.25) is 4.79 Å². The highest BCUT2D eigenvalue weighted by atomic mass is 127. The lowest BCUT2D eigenvalue weighted by molar-refractivity contribution is 0.0865. The Bertz CT molecular complexity index is 558. The summed E-state index contributed by atoms with van der Waals surface area (Å²) in [7, 11) is -3.83. The second-order valence-electron chi connectivity index (χ2n) is 3.21. The molecule has 86 valence electrons. The van der Waals surface area contributed by atoms with Crippen LogP contribution in [0.3, 0.4) is 0 Å². The van der Waals surface area contributed by atoms with Crippen molar-refractivity contribution >= 4 is 38.5 Å². The molecule has 0 atom stereocenters. The van der Waals surface area contributed by atoms with E-state index in [1.54, 1.807) is 6.07 Å². The molecule has 16 heavy (non-hydrogen) atoms. The summed E-state index contributed by atoms with van der Waals surface area (Å²) in [4.78, 5) is 11.7. The van der Waals surface area contributed by atoms with Gasteiger partial charge < -0.3 is 0 Å². The normalized spacial score (nSPS) is 17.6. The number of carbonyl (C=O) groups is 1. The van der Waals surface area contributed by atoms with E-state index in [0.717, 1.165) is 3.57 Å². The van der Waals surface area contributed by atoms with E-state index in [2.05, 4.69) is 0 Å². The lowest BCUT2D eigenvalue weighted by atomic mass is 10.2. The van der Waals surface area contributed by atoms with E-state index in [1.165, 1.54) is 12.1 Å². The Morgan fingerprint density at radius 1 is 1.38 bits per heavy atom. The fourth-order valence-corrected chi connectivity index (χ4v) is 3.57. The number of benzene rings is 1. The molecule has 0 N–H and O–H groups in total. The quantitative estimate of drug-likeness (QED) is 0.754. The fraction of sp³-hybridized carbons (Fsp3) is 0.222. The van der Waals surface area contributed by atoms with E-state index in [1.807, 2.05) is 22.6 Å². The first-order chi connectivity index (χ1) is 7.48. The molecule has 1 aromatic carbocycles. The highest BCUT2D eigenvalue weighted by Crippen LogP contribution is 2.30. The van der Waals surface area contributed by atoms with Crippen molar-refractivity contribution in [1.29, 1.82) is 0 Å². The number of sulfonamides is 1. The molecule has 1 heterocycles. The van der Waals surface area contributed by atoms with Crippen LogP contribution in [0.15, 0.2) is 23.1 Å². The number of hydrogen-bond acceptors (Lipinski definition) is 3. The molecule has 0 unspecified atom stereocenters. The molecular weight excluding hydrogens is 348 g/mol. The number of nitrogens with zero attached hydrogens (tertiary/aromatic N) is 1. The van der Waals surface area contributed by atoms with Crippen LogP contribution in [0.5, 0.6) is 0 Å². The molecular formula is C9H7FINO3S. The second kappa shape index (κ2) is 3.95. The maximum absolute atomic E-state index is 12.2. The molecule has 0 saturated heterocycles. The van der Waals surface area contributed by atoms with Crippen molar-refractivity contribution < 1.29 is 17.6 Å². The first-order valence-corrected chi connectivity index (χ1v) is 6.93. The van der Waals surface area contributed by atoms with Gasteiger partial charge >= 0.3 is 0 Å². The smallest absolute Gasteiger partial charge is 0.268 e. The molecule has 1 amide bonds. The van der Waals surface area contributed by atoms with Gasteiger partial charge in [0.2, 0.25) is 0 Å². The average molecular weight is 355 g/mol. The summed E-state index contributed by atoms with van der Waals surface area (Å²) in [6.07, 6.45) is 0. The first kappa shape index (κ1) is 11.8. The summed E-state index contributed by atoms with van der Waals surface area (Å²) in [5.74, 6) is -0.647. The summed E-state index contributed by atoms with van der Waals surface area (Å²) in [5, 5.41) is 0. The van der Waals surface area contributed by atoms with Gasteiger partial charge in [0.15, 0.2) is 0 Å². The van der Waals surface area contributed by atoms with Crippen molar-refractivity contribution in [2.45, 2.75) is 4.90 Å². The van der Waals surface area contributed by atoms with Crippen LogP contribution >= 0.6 is 22.6 Å². The maximum atomic E-state index is 12.2. The van der Waals surface area contributed by atoms with Crippen LogP contribution in [0.1, 0.15) is 10.4 Å². The number of alkyl halides is 1. The molecule has 0 aromatic heterocycles. The van der Waals surface area contributed by atoms with Gasteiger partial charge in [-0.05, 0) is 40.8 Å². The standard InChI is InChI=1S/C9H7FINO3S/c10-3-4-12-9(13)7-5-6(11)1-2-8(7)16(12,14)15/h1-2,5H,3-4H2. The minimum absolute atomic E-state index is 0.0358. The first-order valence-electron chi connectivity index (χ1n) is 4.41. The molecule has 1 aliphatic rings. The SMILES string of the molecule is O=C1c2cc(I)ccc2S(=O)(=O)N1CCF. The highest BCUT2D eigenvalue weighted by molar-refractivity contribution is 14.1. The zero-order valence-electron chi connectivity index (χ0n) is 7.98. The number of carbonyl (C=O) groups excluding carboxylic acids is 1. The summed E-state index contributed by atoms with van der Waals surface area (Å²) < 4.78 is 37.2. The van der Waals surface area contributed by atoms with Gasteiger partial charge in [-0.15, -0.1) is 0 Å². The third kappa shape index (κ3) is 1.61. The Labute approximate surface area is 106 Å². The number of hydrogen-bond donors (Lipinski definition) is 0. The van der Waals surface area contributed by atoms with E-state index in [0.29, 0.717) is 4.31 Å². The highest BCUT2D eigenvalue weighted by Gasteiger charge is 2.40. The monoisotopic (exact) mass is 355 g/mol. The van der Waals surface area contributed by atoms with Crippen LogP contribution in [-0.4, -0.2) is 31.8 Å². The Balaban J connectivity index is 2.62. The zero-order valence-corrected chi connectivity index (χ0v) is 11.0. The number of halogens is 2. The third-order valence-corrected chi connectivity index (χ3v) is 4.77. The summed E-state index contributed by atoms with van der Waals surface area (Å²) in [6.45, 7) is -1.30. The Morgan fingerprint density at radius 3 is 2.69 bits per heavy atom. The predicted molar refractivity (Wildman–Crippen MR) is 63.4 cm³/mol. The molecule has 0 fully saturated rings. The summed E-state index contributed by atoms with van der Waals surface area (Å²) in [6, 6.07) is 4.47. The minimum Gasteiger partial charge on any atom is -0.268 e. The lowest BCUT2D eigenvalue weighted by Crippen LogP contribution is -2.31. The van der Waals surface area contributed by atoms with E-state index < -0.39 is 29.1 Å². The average Bonchev–Trinajstić information content (AvgIpc) is 2.40. The van der Waals surface area contributed by atoms with Crippen LogP contribution in [0.4, 0.5) is 4.39 Å². The van der Waals surface area contributed by atoms with Gasteiger partial charge in [-0.1, -0.05) is 0 Å².